The molecule has 166 valence electrons. The van der Waals surface area contributed by atoms with Crippen LogP contribution in [0.5, 0.6) is 11.5 Å². The van der Waals surface area contributed by atoms with Crippen LogP contribution in [0.15, 0.2) is 48.5 Å². The molecule has 0 aromatic heterocycles. The van der Waals surface area contributed by atoms with E-state index >= 15 is 0 Å². The number of anilines is 1. The zero-order valence-electron chi connectivity index (χ0n) is 18.2. The first kappa shape index (κ1) is 22.6. The summed E-state index contributed by atoms with van der Waals surface area (Å²) in [6.45, 7) is 7.43. The molecule has 2 aromatic carbocycles. The van der Waals surface area contributed by atoms with Crippen LogP contribution < -0.4 is 20.1 Å². The number of hydrogen-bond donors (Lipinski definition) is 2. The van der Waals surface area contributed by atoms with Crippen molar-refractivity contribution in [1.82, 2.24) is 10.2 Å². The fraction of sp³-hybridized carbons (Fsp3) is 0.417. The van der Waals surface area contributed by atoms with E-state index in [2.05, 4.69) is 27.7 Å². The first-order chi connectivity index (χ1) is 15.1. The fourth-order valence-electron chi connectivity index (χ4n) is 3.64. The molecule has 1 heterocycles. The minimum absolute atomic E-state index is 0.00425. The number of nitrogens with one attached hydrogen (secondary N) is 2. The number of amides is 2. The topological polar surface area (TPSA) is 79.9 Å². The van der Waals surface area contributed by atoms with Gasteiger partial charge in [-0.15, -0.1) is 0 Å². The number of benzene rings is 2. The summed E-state index contributed by atoms with van der Waals surface area (Å²) in [7, 11) is 0. The predicted molar refractivity (Wildman–Crippen MR) is 120 cm³/mol. The molecule has 2 N–H and O–H groups in total. The minimum Gasteiger partial charge on any atom is -0.490 e. The van der Waals surface area contributed by atoms with E-state index < -0.39 is 11.8 Å². The lowest BCUT2D eigenvalue weighted by molar-refractivity contribution is -0.136. The van der Waals surface area contributed by atoms with E-state index in [0.29, 0.717) is 30.4 Å². The Bertz CT molecular complexity index is 864. The van der Waals surface area contributed by atoms with Gasteiger partial charge in [0, 0.05) is 37.4 Å². The lowest BCUT2D eigenvalue weighted by atomic mass is 10.0. The molecule has 7 nitrogen and oxygen atoms in total. The Balaban J connectivity index is 1.47. The van der Waals surface area contributed by atoms with Crippen molar-refractivity contribution in [2.45, 2.75) is 39.3 Å². The summed E-state index contributed by atoms with van der Waals surface area (Å²) in [5.74, 6) is -0.158. The standard InChI is InChI=1S/C24H31N3O4/c1-3-30-21-11-10-20(16-22(21)31-4-2)26-24(29)23(28)25-19-12-14-27(15-13-19)17-18-8-6-5-7-9-18/h5-11,16,19H,3-4,12-15,17H2,1-2H3,(H,25,28)(H,26,29). The van der Waals surface area contributed by atoms with E-state index in [4.69, 9.17) is 9.47 Å². The van der Waals surface area contributed by atoms with E-state index in [1.807, 2.05) is 32.0 Å². The van der Waals surface area contributed by atoms with Gasteiger partial charge in [-0.2, -0.15) is 0 Å². The SMILES string of the molecule is CCOc1ccc(NC(=O)C(=O)NC2CCN(Cc3ccccc3)CC2)cc1OCC. The number of ether oxygens (including phenoxy) is 2. The summed E-state index contributed by atoms with van der Waals surface area (Å²) in [5.41, 5.74) is 1.77. The second-order valence-corrected chi connectivity index (χ2v) is 7.49. The number of likely N-dealkylation sites (tertiary alicyclic amines) is 1. The van der Waals surface area contributed by atoms with Crippen LogP contribution in [0, 0.1) is 0 Å². The quantitative estimate of drug-likeness (QED) is 0.635. The lowest BCUT2D eigenvalue weighted by Gasteiger charge is -2.32. The molecule has 0 bridgehead atoms. The van der Waals surface area contributed by atoms with Crippen LogP contribution in [0.3, 0.4) is 0 Å². The van der Waals surface area contributed by atoms with Crippen LogP contribution >= 0.6 is 0 Å². The average Bonchev–Trinajstić information content (AvgIpc) is 2.78. The van der Waals surface area contributed by atoms with Gasteiger partial charge in [0.1, 0.15) is 0 Å². The Kier molecular flexibility index (Phi) is 8.29. The van der Waals surface area contributed by atoms with Gasteiger partial charge in [-0.25, -0.2) is 0 Å². The van der Waals surface area contributed by atoms with Crippen LogP contribution in [0.4, 0.5) is 5.69 Å². The predicted octanol–water partition coefficient (Wildman–Crippen LogP) is 3.20. The van der Waals surface area contributed by atoms with Crippen LogP contribution in [-0.4, -0.2) is 49.1 Å². The molecule has 1 aliphatic heterocycles. The molecule has 0 radical (unpaired) electrons. The second kappa shape index (κ2) is 11.4. The van der Waals surface area contributed by atoms with Gasteiger partial charge in [0.2, 0.25) is 0 Å². The Labute approximate surface area is 183 Å². The van der Waals surface area contributed by atoms with Gasteiger partial charge in [0.25, 0.3) is 0 Å². The van der Waals surface area contributed by atoms with E-state index in [1.54, 1.807) is 18.2 Å². The molecule has 0 atom stereocenters. The van der Waals surface area contributed by atoms with Gasteiger partial charge >= 0.3 is 11.8 Å². The van der Waals surface area contributed by atoms with Crippen molar-refractivity contribution in [2.24, 2.45) is 0 Å². The normalized spacial score (nSPS) is 14.6. The summed E-state index contributed by atoms with van der Waals surface area (Å²) in [6.07, 6.45) is 1.65. The Morgan fingerprint density at radius 3 is 2.29 bits per heavy atom. The highest BCUT2D eigenvalue weighted by Gasteiger charge is 2.23. The molecule has 3 rings (SSSR count). The van der Waals surface area contributed by atoms with E-state index in [-0.39, 0.29) is 6.04 Å². The molecule has 1 aliphatic rings. The second-order valence-electron chi connectivity index (χ2n) is 7.49. The van der Waals surface area contributed by atoms with Crippen molar-refractivity contribution >= 4 is 17.5 Å². The summed E-state index contributed by atoms with van der Waals surface area (Å²) >= 11 is 0. The van der Waals surface area contributed by atoms with Crippen molar-refractivity contribution in [3.05, 3.63) is 54.1 Å². The summed E-state index contributed by atoms with van der Waals surface area (Å²) < 4.78 is 11.1. The molecule has 2 aromatic rings. The summed E-state index contributed by atoms with van der Waals surface area (Å²) in [6, 6.07) is 15.4. The average molecular weight is 426 g/mol. The van der Waals surface area contributed by atoms with E-state index in [0.717, 1.165) is 32.5 Å². The van der Waals surface area contributed by atoms with Crippen molar-refractivity contribution < 1.29 is 19.1 Å². The first-order valence-corrected chi connectivity index (χ1v) is 10.9. The maximum Gasteiger partial charge on any atom is 0.313 e. The maximum atomic E-state index is 12.4. The zero-order valence-corrected chi connectivity index (χ0v) is 18.2. The maximum absolute atomic E-state index is 12.4. The van der Waals surface area contributed by atoms with Crippen molar-refractivity contribution in [1.29, 1.82) is 0 Å². The number of nitrogens with zero attached hydrogens (tertiary/aromatic N) is 1. The van der Waals surface area contributed by atoms with Gasteiger partial charge in [0.05, 0.1) is 13.2 Å². The minimum atomic E-state index is -0.682. The number of piperidine rings is 1. The molecular formula is C24H31N3O4. The molecule has 2 amide bonds. The molecular weight excluding hydrogens is 394 g/mol. The highest BCUT2D eigenvalue weighted by molar-refractivity contribution is 6.39. The van der Waals surface area contributed by atoms with E-state index in [1.165, 1.54) is 5.56 Å². The molecule has 1 saturated heterocycles. The third-order valence-electron chi connectivity index (χ3n) is 5.18. The van der Waals surface area contributed by atoms with Gasteiger partial charge in [-0.1, -0.05) is 30.3 Å². The van der Waals surface area contributed by atoms with Gasteiger partial charge in [-0.3, -0.25) is 14.5 Å². The molecule has 31 heavy (non-hydrogen) atoms. The number of carbonyl (C=O) groups excluding carboxylic acids is 2. The van der Waals surface area contributed by atoms with Crippen LogP contribution in [0.2, 0.25) is 0 Å². The Hall–Kier alpha value is -3.06. The number of rotatable bonds is 8. The van der Waals surface area contributed by atoms with Crippen LogP contribution in [0.1, 0.15) is 32.3 Å². The number of hydrogen-bond acceptors (Lipinski definition) is 5. The van der Waals surface area contributed by atoms with Crippen molar-refractivity contribution in [2.75, 3.05) is 31.6 Å². The molecule has 0 saturated carbocycles. The molecule has 7 heteroatoms. The lowest BCUT2D eigenvalue weighted by Crippen LogP contribution is -2.47. The Morgan fingerprint density at radius 1 is 0.935 bits per heavy atom. The first-order valence-electron chi connectivity index (χ1n) is 10.9. The summed E-state index contributed by atoms with van der Waals surface area (Å²) in [4.78, 5) is 27.1. The van der Waals surface area contributed by atoms with Crippen LogP contribution in [-0.2, 0) is 16.1 Å². The van der Waals surface area contributed by atoms with E-state index in [9.17, 15) is 9.59 Å². The molecule has 0 spiro atoms. The highest BCUT2D eigenvalue weighted by atomic mass is 16.5. The third-order valence-corrected chi connectivity index (χ3v) is 5.18. The van der Waals surface area contributed by atoms with Crippen molar-refractivity contribution in [3.63, 3.8) is 0 Å². The Morgan fingerprint density at radius 2 is 1.61 bits per heavy atom. The fourth-order valence-corrected chi connectivity index (χ4v) is 3.64. The zero-order chi connectivity index (χ0) is 22.1. The third kappa shape index (κ3) is 6.72. The van der Waals surface area contributed by atoms with Crippen molar-refractivity contribution in [3.8, 4) is 11.5 Å². The van der Waals surface area contributed by atoms with Crippen LogP contribution in [0.25, 0.3) is 0 Å². The van der Waals surface area contributed by atoms with Gasteiger partial charge < -0.3 is 20.1 Å². The largest absolute Gasteiger partial charge is 0.490 e. The molecule has 0 unspecified atom stereocenters. The highest BCUT2D eigenvalue weighted by Crippen LogP contribution is 2.30. The monoisotopic (exact) mass is 425 g/mol. The molecule has 1 fully saturated rings. The molecule has 0 aliphatic carbocycles. The smallest absolute Gasteiger partial charge is 0.313 e. The van der Waals surface area contributed by atoms with Gasteiger partial charge in [0.15, 0.2) is 11.5 Å². The number of carbonyl (C=O) groups is 2. The van der Waals surface area contributed by atoms with Gasteiger partial charge in [-0.05, 0) is 44.4 Å². The summed E-state index contributed by atoms with van der Waals surface area (Å²) in [5, 5.41) is 5.51.